The first-order chi connectivity index (χ1) is 4.22. The van der Waals surface area contributed by atoms with Gasteiger partial charge >= 0.3 is 17.1 Å². The maximum atomic E-state index is 10.5. The van der Waals surface area contributed by atoms with Gasteiger partial charge in [-0.1, -0.05) is 0 Å². The summed E-state index contributed by atoms with van der Waals surface area (Å²) >= 11 is 0. The number of amides is 2. The predicted octanol–water partition coefficient (Wildman–Crippen LogP) is -1.05. The Kier molecular flexibility index (Phi) is 3.39. The SMILES string of the molecule is O=C([O-])N1CCCC1=O.[Cu+]. The summed E-state index contributed by atoms with van der Waals surface area (Å²) in [5.41, 5.74) is 0. The van der Waals surface area contributed by atoms with Crippen molar-refractivity contribution in [1.29, 1.82) is 0 Å². The largest absolute Gasteiger partial charge is 1.00 e. The van der Waals surface area contributed by atoms with Gasteiger partial charge in [0.1, 0.15) is 6.09 Å². The van der Waals surface area contributed by atoms with Crippen molar-refractivity contribution in [2.24, 2.45) is 0 Å². The molecule has 1 heterocycles. The fourth-order valence-corrected chi connectivity index (χ4v) is 0.841. The van der Waals surface area contributed by atoms with E-state index in [-0.39, 0.29) is 23.0 Å². The first-order valence-corrected chi connectivity index (χ1v) is 2.73. The molecule has 0 saturated carbocycles. The van der Waals surface area contributed by atoms with Gasteiger partial charge in [0.2, 0.25) is 5.91 Å². The predicted molar refractivity (Wildman–Crippen MR) is 26.3 cm³/mol. The number of imide groups is 1. The molecule has 0 aliphatic carbocycles. The minimum absolute atomic E-state index is 0. The molecule has 4 nitrogen and oxygen atoms in total. The molecule has 0 bridgehead atoms. The van der Waals surface area contributed by atoms with Crippen molar-refractivity contribution in [2.75, 3.05) is 6.54 Å². The molecule has 0 radical (unpaired) electrons. The third kappa shape index (κ3) is 1.72. The standard InChI is InChI=1S/C5H7NO3.Cu/c7-4-2-1-3-6(4)5(8)9;/h1-3H2,(H,8,9);/q;+1/p-1. The molecular formula is C5H6CuNO3. The van der Waals surface area contributed by atoms with Gasteiger partial charge in [0.25, 0.3) is 0 Å². The molecule has 0 aromatic rings. The van der Waals surface area contributed by atoms with Crippen LogP contribution in [0.1, 0.15) is 12.8 Å². The third-order valence-corrected chi connectivity index (χ3v) is 1.29. The van der Waals surface area contributed by atoms with Gasteiger partial charge in [-0.3, -0.25) is 9.69 Å². The second-order valence-corrected chi connectivity index (χ2v) is 1.91. The van der Waals surface area contributed by atoms with Crippen LogP contribution in [0.25, 0.3) is 0 Å². The molecule has 0 aromatic carbocycles. The van der Waals surface area contributed by atoms with Gasteiger partial charge in [-0.05, 0) is 6.42 Å². The molecule has 0 aromatic heterocycles. The molecule has 0 atom stereocenters. The van der Waals surface area contributed by atoms with Crippen molar-refractivity contribution in [3.63, 3.8) is 0 Å². The Bertz CT molecular complexity index is 159. The second-order valence-electron chi connectivity index (χ2n) is 1.91. The van der Waals surface area contributed by atoms with Gasteiger partial charge in [0.15, 0.2) is 0 Å². The number of rotatable bonds is 0. The molecule has 10 heavy (non-hydrogen) atoms. The zero-order valence-electron chi connectivity index (χ0n) is 5.09. The zero-order valence-corrected chi connectivity index (χ0v) is 6.04. The van der Waals surface area contributed by atoms with Crippen LogP contribution in [0.4, 0.5) is 4.79 Å². The number of hydrogen-bond donors (Lipinski definition) is 0. The molecule has 2 amide bonds. The number of likely N-dealkylation sites (tertiary alicyclic amines) is 1. The first-order valence-electron chi connectivity index (χ1n) is 2.73. The Labute approximate surface area is 68.7 Å². The Balaban J connectivity index is 0.000000810. The maximum absolute atomic E-state index is 10.5. The molecule has 1 aliphatic rings. The van der Waals surface area contributed by atoms with E-state index < -0.39 is 6.09 Å². The van der Waals surface area contributed by atoms with E-state index in [1.807, 2.05) is 0 Å². The summed E-state index contributed by atoms with van der Waals surface area (Å²) in [4.78, 5) is 21.3. The molecule has 60 valence electrons. The van der Waals surface area contributed by atoms with E-state index in [2.05, 4.69) is 0 Å². The van der Waals surface area contributed by atoms with Crippen molar-refractivity contribution in [3.05, 3.63) is 0 Å². The summed E-state index contributed by atoms with van der Waals surface area (Å²) in [7, 11) is 0. The van der Waals surface area contributed by atoms with Crippen LogP contribution >= 0.6 is 0 Å². The molecule has 5 heteroatoms. The second kappa shape index (κ2) is 3.58. The number of nitrogens with zero attached hydrogens (tertiary/aromatic N) is 1. The Morgan fingerprint density at radius 1 is 1.60 bits per heavy atom. The molecule has 0 unspecified atom stereocenters. The van der Waals surface area contributed by atoms with Crippen LogP contribution in [0.2, 0.25) is 0 Å². The van der Waals surface area contributed by atoms with Crippen LogP contribution in [0.3, 0.4) is 0 Å². The van der Waals surface area contributed by atoms with Crippen molar-refractivity contribution < 1.29 is 31.8 Å². The van der Waals surface area contributed by atoms with Gasteiger partial charge in [-0.25, -0.2) is 0 Å². The summed E-state index contributed by atoms with van der Waals surface area (Å²) < 4.78 is 0. The van der Waals surface area contributed by atoms with Gasteiger partial charge in [-0.2, -0.15) is 0 Å². The van der Waals surface area contributed by atoms with Gasteiger partial charge in [0, 0.05) is 13.0 Å². The third-order valence-electron chi connectivity index (χ3n) is 1.29. The average Bonchev–Trinajstić information content (AvgIpc) is 2.13. The molecule has 1 aliphatic heterocycles. The molecule has 1 saturated heterocycles. The first kappa shape index (κ1) is 9.46. The van der Waals surface area contributed by atoms with E-state index in [0.717, 1.165) is 4.90 Å². The average molecular weight is 192 g/mol. The van der Waals surface area contributed by atoms with Crippen LogP contribution in [-0.4, -0.2) is 23.4 Å². The summed E-state index contributed by atoms with van der Waals surface area (Å²) in [6.45, 7) is 0.307. The summed E-state index contributed by atoms with van der Waals surface area (Å²) in [6, 6.07) is 0. The van der Waals surface area contributed by atoms with Crippen molar-refractivity contribution in [2.45, 2.75) is 12.8 Å². The monoisotopic (exact) mass is 191 g/mol. The normalized spacial score (nSPS) is 16.8. The number of hydrogen-bond acceptors (Lipinski definition) is 3. The number of carbonyl (C=O) groups excluding carboxylic acids is 2. The zero-order chi connectivity index (χ0) is 6.85. The summed E-state index contributed by atoms with van der Waals surface area (Å²) in [5, 5.41) is 10.0. The van der Waals surface area contributed by atoms with E-state index in [9.17, 15) is 14.7 Å². The van der Waals surface area contributed by atoms with Crippen LogP contribution in [0.15, 0.2) is 0 Å². The molecule has 0 N–H and O–H groups in total. The van der Waals surface area contributed by atoms with Gasteiger partial charge in [-0.15, -0.1) is 0 Å². The van der Waals surface area contributed by atoms with Crippen molar-refractivity contribution in [1.82, 2.24) is 4.90 Å². The van der Waals surface area contributed by atoms with E-state index >= 15 is 0 Å². The minimum Gasteiger partial charge on any atom is -0.530 e. The van der Waals surface area contributed by atoms with Crippen LogP contribution in [0, 0.1) is 0 Å². The Morgan fingerprint density at radius 2 is 2.20 bits per heavy atom. The molecular weight excluding hydrogens is 186 g/mol. The number of carboxylic acid groups (broad SMARTS) is 1. The van der Waals surface area contributed by atoms with Crippen molar-refractivity contribution >= 4 is 12.0 Å². The van der Waals surface area contributed by atoms with Gasteiger partial charge < -0.3 is 9.90 Å². The van der Waals surface area contributed by atoms with Crippen LogP contribution in [0.5, 0.6) is 0 Å². The Hall–Kier alpha value is -0.541. The summed E-state index contributed by atoms with van der Waals surface area (Å²) in [5.74, 6) is -0.338. The van der Waals surface area contributed by atoms with E-state index in [4.69, 9.17) is 0 Å². The Morgan fingerprint density at radius 3 is 2.40 bits per heavy atom. The molecule has 0 spiro atoms. The van der Waals surface area contributed by atoms with Crippen LogP contribution in [-0.2, 0) is 21.9 Å². The maximum Gasteiger partial charge on any atom is 1.00 e. The molecule has 1 fully saturated rings. The van der Waals surface area contributed by atoms with E-state index in [1.165, 1.54) is 0 Å². The fraction of sp³-hybridized carbons (Fsp3) is 0.600. The minimum atomic E-state index is -1.38. The quantitative estimate of drug-likeness (QED) is 0.459. The van der Waals surface area contributed by atoms with Crippen LogP contribution < -0.4 is 5.11 Å². The smallest absolute Gasteiger partial charge is 0.530 e. The topological polar surface area (TPSA) is 60.4 Å². The summed E-state index contributed by atoms with van der Waals surface area (Å²) in [6.07, 6.45) is -0.404. The van der Waals surface area contributed by atoms with Crippen molar-refractivity contribution in [3.8, 4) is 0 Å². The van der Waals surface area contributed by atoms with E-state index in [1.54, 1.807) is 0 Å². The van der Waals surface area contributed by atoms with E-state index in [0.29, 0.717) is 19.4 Å². The van der Waals surface area contributed by atoms with Gasteiger partial charge in [0.05, 0.1) is 0 Å². The fourth-order valence-electron chi connectivity index (χ4n) is 0.841. The number of carbonyl (C=O) groups is 2. The molecule has 1 rings (SSSR count).